The summed E-state index contributed by atoms with van der Waals surface area (Å²) in [6.45, 7) is 7.49. The van der Waals surface area contributed by atoms with Gasteiger partial charge >= 0.3 is 0 Å². The van der Waals surface area contributed by atoms with Crippen molar-refractivity contribution in [3.05, 3.63) is 28.2 Å². The molecular weight excluding hydrogens is 306 g/mol. The summed E-state index contributed by atoms with van der Waals surface area (Å²) in [5.41, 5.74) is 1.17. The maximum absolute atomic E-state index is 5.96. The molecule has 0 bridgehead atoms. The van der Waals surface area contributed by atoms with Gasteiger partial charge in [-0.15, -0.1) is 0 Å². The zero-order valence-corrected chi connectivity index (χ0v) is 13.6. The van der Waals surface area contributed by atoms with Gasteiger partial charge in [0.2, 0.25) is 0 Å². The third-order valence-corrected chi connectivity index (χ3v) is 3.68. The lowest BCUT2D eigenvalue weighted by Crippen LogP contribution is -2.19. The molecule has 0 aliphatic heterocycles. The molecule has 108 valence electrons. The van der Waals surface area contributed by atoms with Gasteiger partial charge in [-0.2, -0.15) is 0 Å². The molecule has 0 aromatic heterocycles. The number of hydrogen-bond donors (Lipinski definition) is 1. The van der Waals surface area contributed by atoms with E-state index >= 15 is 0 Å². The number of rotatable bonds is 9. The SMILES string of the molecule is CCC(C)COc1c(Br)cccc1CNCCOC. The Morgan fingerprint density at radius 3 is 2.84 bits per heavy atom. The predicted octanol–water partition coefficient (Wildman–Crippen LogP) is 3.61. The molecule has 4 heteroatoms. The second-order valence-corrected chi connectivity index (χ2v) is 5.58. The number of nitrogens with one attached hydrogen (secondary N) is 1. The van der Waals surface area contributed by atoms with Crippen molar-refractivity contribution in [3.8, 4) is 5.75 Å². The Balaban J connectivity index is 2.61. The lowest BCUT2D eigenvalue weighted by molar-refractivity contribution is 0.198. The minimum atomic E-state index is 0.571. The second kappa shape index (κ2) is 9.34. The first-order chi connectivity index (χ1) is 9.19. The molecule has 1 N–H and O–H groups in total. The summed E-state index contributed by atoms with van der Waals surface area (Å²) in [6, 6.07) is 6.15. The van der Waals surface area contributed by atoms with Gasteiger partial charge in [-0.1, -0.05) is 32.4 Å². The first-order valence-electron chi connectivity index (χ1n) is 6.78. The average Bonchev–Trinajstić information content (AvgIpc) is 2.42. The third-order valence-electron chi connectivity index (χ3n) is 3.06. The van der Waals surface area contributed by atoms with Gasteiger partial charge in [-0.25, -0.2) is 0 Å². The zero-order valence-electron chi connectivity index (χ0n) is 12.0. The number of hydrogen-bond acceptors (Lipinski definition) is 3. The van der Waals surface area contributed by atoms with Crippen molar-refractivity contribution in [1.82, 2.24) is 5.32 Å². The number of para-hydroxylation sites is 1. The van der Waals surface area contributed by atoms with Crippen LogP contribution >= 0.6 is 15.9 Å². The Bertz CT molecular complexity index is 371. The van der Waals surface area contributed by atoms with Gasteiger partial charge in [-0.05, 0) is 27.9 Å². The standard InChI is InChI=1S/C15H24BrNO2/c1-4-12(2)11-19-15-13(6-5-7-14(15)16)10-17-8-9-18-3/h5-7,12,17H,4,8-11H2,1-3H3. The van der Waals surface area contributed by atoms with Crippen LogP contribution in [0.25, 0.3) is 0 Å². The predicted molar refractivity (Wildman–Crippen MR) is 82.7 cm³/mol. The molecule has 0 amide bonds. The van der Waals surface area contributed by atoms with Crippen molar-refractivity contribution in [2.75, 3.05) is 26.9 Å². The van der Waals surface area contributed by atoms with Gasteiger partial charge in [0.1, 0.15) is 5.75 Å². The summed E-state index contributed by atoms with van der Waals surface area (Å²) in [7, 11) is 1.71. The van der Waals surface area contributed by atoms with E-state index in [0.717, 1.165) is 42.9 Å². The fourth-order valence-electron chi connectivity index (χ4n) is 1.60. The minimum Gasteiger partial charge on any atom is -0.492 e. The Morgan fingerprint density at radius 2 is 2.16 bits per heavy atom. The Hall–Kier alpha value is -0.580. The third kappa shape index (κ3) is 5.93. The van der Waals surface area contributed by atoms with E-state index in [9.17, 15) is 0 Å². The molecule has 0 fully saturated rings. The normalized spacial score (nSPS) is 12.4. The van der Waals surface area contributed by atoms with Crippen molar-refractivity contribution in [2.45, 2.75) is 26.8 Å². The fraction of sp³-hybridized carbons (Fsp3) is 0.600. The molecule has 0 aliphatic carbocycles. The average molecular weight is 330 g/mol. The van der Waals surface area contributed by atoms with E-state index < -0.39 is 0 Å². The van der Waals surface area contributed by atoms with Crippen LogP contribution in [0.1, 0.15) is 25.8 Å². The van der Waals surface area contributed by atoms with Gasteiger partial charge in [0.15, 0.2) is 0 Å². The second-order valence-electron chi connectivity index (χ2n) is 4.72. The summed E-state index contributed by atoms with van der Waals surface area (Å²) in [5.74, 6) is 1.52. The zero-order chi connectivity index (χ0) is 14.1. The molecule has 0 saturated heterocycles. The van der Waals surface area contributed by atoms with E-state index in [1.807, 2.05) is 12.1 Å². The molecule has 1 unspecified atom stereocenters. The summed E-state index contributed by atoms with van der Waals surface area (Å²) < 4.78 is 12.0. The number of halogens is 1. The Kier molecular flexibility index (Phi) is 8.10. The molecule has 0 saturated carbocycles. The van der Waals surface area contributed by atoms with Gasteiger partial charge in [-0.3, -0.25) is 0 Å². The molecule has 0 spiro atoms. The van der Waals surface area contributed by atoms with Crippen LogP contribution in [0.4, 0.5) is 0 Å². The van der Waals surface area contributed by atoms with Gasteiger partial charge in [0, 0.05) is 25.8 Å². The first-order valence-corrected chi connectivity index (χ1v) is 7.58. The maximum atomic E-state index is 5.96. The fourth-order valence-corrected chi connectivity index (χ4v) is 2.12. The maximum Gasteiger partial charge on any atom is 0.137 e. The number of methoxy groups -OCH3 is 1. The van der Waals surface area contributed by atoms with Crippen molar-refractivity contribution < 1.29 is 9.47 Å². The van der Waals surface area contributed by atoms with Crippen molar-refractivity contribution in [1.29, 1.82) is 0 Å². The Labute approximate surface area is 124 Å². The van der Waals surface area contributed by atoms with Crippen LogP contribution in [0.5, 0.6) is 5.75 Å². The van der Waals surface area contributed by atoms with E-state index in [2.05, 4.69) is 41.2 Å². The first kappa shape index (κ1) is 16.5. The van der Waals surface area contributed by atoms with Gasteiger partial charge in [0.05, 0.1) is 17.7 Å². The van der Waals surface area contributed by atoms with Crippen molar-refractivity contribution >= 4 is 15.9 Å². The van der Waals surface area contributed by atoms with Crippen LogP contribution in [-0.2, 0) is 11.3 Å². The molecule has 1 atom stereocenters. The van der Waals surface area contributed by atoms with Crippen LogP contribution in [0.15, 0.2) is 22.7 Å². The number of ether oxygens (including phenoxy) is 2. The van der Waals surface area contributed by atoms with Crippen LogP contribution < -0.4 is 10.1 Å². The monoisotopic (exact) mass is 329 g/mol. The minimum absolute atomic E-state index is 0.571. The van der Waals surface area contributed by atoms with Gasteiger partial charge in [0.25, 0.3) is 0 Å². The lowest BCUT2D eigenvalue weighted by atomic mass is 10.1. The molecule has 1 aromatic rings. The Morgan fingerprint density at radius 1 is 1.37 bits per heavy atom. The quantitative estimate of drug-likeness (QED) is 0.702. The molecule has 0 heterocycles. The highest BCUT2D eigenvalue weighted by molar-refractivity contribution is 9.10. The number of benzene rings is 1. The molecule has 19 heavy (non-hydrogen) atoms. The summed E-state index contributed by atoms with van der Waals surface area (Å²) in [6.07, 6.45) is 1.13. The van der Waals surface area contributed by atoms with Crippen molar-refractivity contribution in [2.24, 2.45) is 5.92 Å². The molecule has 0 aliphatic rings. The summed E-state index contributed by atoms with van der Waals surface area (Å²) >= 11 is 3.56. The van der Waals surface area contributed by atoms with Crippen LogP contribution in [0, 0.1) is 5.92 Å². The molecule has 3 nitrogen and oxygen atoms in total. The van der Waals surface area contributed by atoms with E-state index in [4.69, 9.17) is 9.47 Å². The lowest BCUT2D eigenvalue weighted by Gasteiger charge is -2.16. The van der Waals surface area contributed by atoms with Crippen LogP contribution in [0.2, 0.25) is 0 Å². The van der Waals surface area contributed by atoms with Crippen molar-refractivity contribution in [3.63, 3.8) is 0 Å². The summed E-state index contributed by atoms with van der Waals surface area (Å²) in [5, 5.41) is 3.35. The molecule has 1 rings (SSSR count). The molecule has 0 radical (unpaired) electrons. The molecule has 1 aromatic carbocycles. The van der Waals surface area contributed by atoms with E-state index in [1.165, 1.54) is 5.56 Å². The molecular formula is C15H24BrNO2. The highest BCUT2D eigenvalue weighted by atomic mass is 79.9. The van der Waals surface area contributed by atoms with E-state index in [1.54, 1.807) is 7.11 Å². The van der Waals surface area contributed by atoms with Crippen LogP contribution in [-0.4, -0.2) is 26.9 Å². The van der Waals surface area contributed by atoms with Gasteiger partial charge < -0.3 is 14.8 Å². The van der Waals surface area contributed by atoms with Crippen LogP contribution in [0.3, 0.4) is 0 Å². The highest BCUT2D eigenvalue weighted by Crippen LogP contribution is 2.29. The van der Waals surface area contributed by atoms with E-state index in [-0.39, 0.29) is 0 Å². The summed E-state index contributed by atoms with van der Waals surface area (Å²) in [4.78, 5) is 0. The van der Waals surface area contributed by atoms with E-state index in [0.29, 0.717) is 5.92 Å². The largest absolute Gasteiger partial charge is 0.492 e. The topological polar surface area (TPSA) is 30.5 Å². The highest BCUT2D eigenvalue weighted by Gasteiger charge is 2.09. The smallest absolute Gasteiger partial charge is 0.137 e.